The third-order valence-corrected chi connectivity index (χ3v) is 11.1. The van der Waals surface area contributed by atoms with Gasteiger partial charge in [0.2, 0.25) is 0 Å². The van der Waals surface area contributed by atoms with E-state index in [1.165, 1.54) is 37.7 Å². The highest BCUT2D eigenvalue weighted by molar-refractivity contribution is 7.26. The fourth-order valence-electron chi connectivity index (χ4n) is 7.50. The zero-order chi connectivity index (χ0) is 34.6. The lowest BCUT2D eigenvalue weighted by Crippen LogP contribution is -1.94. The number of thiophene rings is 1. The van der Waals surface area contributed by atoms with Gasteiger partial charge in [-0.25, -0.2) is 9.97 Å². The van der Waals surface area contributed by atoms with Crippen molar-refractivity contribution in [2.24, 2.45) is 0 Å². The van der Waals surface area contributed by atoms with Crippen LogP contribution in [0.4, 0.5) is 0 Å². The molecule has 4 heteroatoms. The molecule has 10 aromatic rings. The summed E-state index contributed by atoms with van der Waals surface area (Å²) in [6, 6.07) is 60.4. The van der Waals surface area contributed by atoms with Crippen molar-refractivity contribution in [2.75, 3.05) is 0 Å². The molecule has 0 aliphatic carbocycles. The van der Waals surface area contributed by atoms with E-state index in [0.717, 1.165) is 60.6 Å². The summed E-state index contributed by atoms with van der Waals surface area (Å²) < 4.78 is 4.71. The molecule has 10 rings (SSSR count). The van der Waals surface area contributed by atoms with Gasteiger partial charge in [0.25, 0.3) is 0 Å². The van der Waals surface area contributed by atoms with Gasteiger partial charge in [0.15, 0.2) is 5.82 Å². The lowest BCUT2D eigenvalue weighted by Gasteiger charge is -2.10. The third kappa shape index (κ3) is 4.96. The predicted octanol–water partition coefficient (Wildman–Crippen LogP) is 13.3. The first kappa shape index (κ1) is 30.2. The van der Waals surface area contributed by atoms with Crippen LogP contribution in [0.1, 0.15) is 5.56 Å². The Morgan fingerprint density at radius 1 is 0.519 bits per heavy atom. The molecule has 3 nitrogen and oxygen atoms in total. The Labute approximate surface area is 305 Å². The highest BCUT2D eigenvalue weighted by Crippen LogP contribution is 2.42. The second-order valence-electron chi connectivity index (χ2n) is 13.0. The highest BCUT2D eigenvalue weighted by Gasteiger charge is 2.19. The van der Waals surface area contributed by atoms with Crippen LogP contribution in [0.5, 0.6) is 0 Å². The van der Waals surface area contributed by atoms with Gasteiger partial charge in [-0.3, -0.25) is 0 Å². The quantitative estimate of drug-likeness (QED) is 0.175. The molecular weight excluding hydrogens is 651 g/mol. The first-order chi connectivity index (χ1) is 25.7. The maximum atomic E-state index is 5.27. The summed E-state index contributed by atoms with van der Waals surface area (Å²) in [4.78, 5) is 10.5. The van der Waals surface area contributed by atoms with Crippen molar-refractivity contribution < 1.29 is 0 Å². The van der Waals surface area contributed by atoms with Crippen LogP contribution in [-0.4, -0.2) is 14.5 Å². The van der Waals surface area contributed by atoms with E-state index in [2.05, 4.69) is 175 Å². The van der Waals surface area contributed by atoms with E-state index in [1.54, 1.807) is 11.3 Å². The summed E-state index contributed by atoms with van der Waals surface area (Å²) in [5.74, 6) is 0.723. The van der Waals surface area contributed by atoms with Gasteiger partial charge in [-0.05, 0) is 70.3 Å². The second kappa shape index (κ2) is 12.3. The molecule has 0 aliphatic rings. The smallest absolute Gasteiger partial charge is 0.160 e. The maximum absolute atomic E-state index is 5.27. The SMILES string of the molecule is C=Cc1ccc(-c2ccc3c(c2)c2c(-c4cccc(-c5nc(-c6ccccc6)c6sc7ccccc7c6n5)c4)cccc2n3-c2ccccc2)cc1. The molecular formula is C48H31N3S. The molecule has 0 radical (unpaired) electrons. The van der Waals surface area contributed by atoms with Crippen LogP contribution < -0.4 is 0 Å². The lowest BCUT2D eigenvalue weighted by atomic mass is 9.96. The Balaban J connectivity index is 1.20. The number of benzene rings is 7. The maximum Gasteiger partial charge on any atom is 0.160 e. The minimum atomic E-state index is 0.723. The predicted molar refractivity (Wildman–Crippen MR) is 221 cm³/mol. The van der Waals surface area contributed by atoms with Gasteiger partial charge >= 0.3 is 0 Å². The summed E-state index contributed by atoms with van der Waals surface area (Å²) in [7, 11) is 0. The third-order valence-electron chi connectivity index (χ3n) is 9.98. The van der Waals surface area contributed by atoms with Crippen molar-refractivity contribution in [3.8, 4) is 50.6 Å². The minimum absolute atomic E-state index is 0.723. The Morgan fingerprint density at radius 3 is 2.06 bits per heavy atom. The van der Waals surface area contributed by atoms with Crippen molar-refractivity contribution in [3.05, 3.63) is 182 Å². The molecule has 0 spiro atoms. The lowest BCUT2D eigenvalue weighted by molar-refractivity contribution is 1.18. The molecule has 0 saturated carbocycles. The molecule has 3 aromatic heterocycles. The zero-order valence-corrected chi connectivity index (χ0v) is 29.0. The normalized spacial score (nSPS) is 11.5. The van der Waals surface area contributed by atoms with Crippen LogP contribution in [0, 0.1) is 0 Å². The Morgan fingerprint density at radius 2 is 1.23 bits per heavy atom. The molecule has 0 atom stereocenters. The summed E-state index contributed by atoms with van der Waals surface area (Å²) in [5.41, 5.74) is 13.3. The first-order valence-electron chi connectivity index (χ1n) is 17.4. The van der Waals surface area contributed by atoms with Crippen molar-refractivity contribution in [3.63, 3.8) is 0 Å². The van der Waals surface area contributed by atoms with E-state index in [9.17, 15) is 0 Å². The molecule has 0 fully saturated rings. The molecule has 7 aromatic carbocycles. The van der Waals surface area contributed by atoms with Gasteiger partial charge in [-0.1, -0.05) is 140 Å². The molecule has 0 bridgehead atoms. The number of rotatable bonds is 6. The monoisotopic (exact) mass is 681 g/mol. The largest absolute Gasteiger partial charge is 0.309 e. The molecule has 52 heavy (non-hydrogen) atoms. The van der Waals surface area contributed by atoms with E-state index in [-0.39, 0.29) is 0 Å². The first-order valence-corrected chi connectivity index (χ1v) is 18.3. The average Bonchev–Trinajstić information content (AvgIpc) is 3.77. The number of fused-ring (bicyclic) bond motifs is 6. The standard InChI is InChI=1S/C48H31N3S/c1-2-31-23-25-32(26-24-31)34-27-28-41-40(30-34)44-38(20-12-21-42(44)51(41)37-17-7-4-8-18-37)35-15-11-16-36(29-35)48-49-45(33-13-5-3-6-14-33)47-46(50-48)39-19-9-10-22-43(39)52-47/h2-30H,1H2. The molecule has 0 unspecified atom stereocenters. The van der Waals surface area contributed by atoms with Crippen LogP contribution in [0.15, 0.2) is 176 Å². The molecule has 0 N–H and O–H groups in total. The minimum Gasteiger partial charge on any atom is -0.309 e. The molecule has 0 saturated heterocycles. The summed E-state index contributed by atoms with van der Waals surface area (Å²) in [6.07, 6.45) is 1.88. The van der Waals surface area contributed by atoms with E-state index < -0.39 is 0 Å². The highest BCUT2D eigenvalue weighted by atomic mass is 32.1. The summed E-state index contributed by atoms with van der Waals surface area (Å²) >= 11 is 1.76. The Bertz CT molecular complexity index is 2960. The zero-order valence-electron chi connectivity index (χ0n) is 28.2. The average molecular weight is 682 g/mol. The fourth-order valence-corrected chi connectivity index (χ4v) is 8.65. The van der Waals surface area contributed by atoms with Crippen LogP contribution in [0.25, 0.3) is 98.8 Å². The summed E-state index contributed by atoms with van der Waals surface area (Å²) in [6.45, 7) is 3.93. The molecule has 244 valence electrons. The van der Waals surface area contributed by atoms with Gasteiger partial charge in [0.1, 0.15) is 0 Å². The van der Waals surface area contributed by atoms with Gasteiger partial charge < -0.3 is 4.57 Å². The molecule has 0 aliphatic heterocycles. The van der Waals surface area contributed by atoms with Gasteiger partial charge in [-0.15, -0.1) is 11.3 Å². The van der Waals surface area contributed by atoms with Crippen molar-refractivity contribution in [2.45, 2.75) is 0 Å². The Kier molecular flexibility index (Phi) is 7.15. The van der Waals surface area contributed by atoms with E-state index in [0.29, 0.717) is 0 Å². The van der Waals surface area contributed by atoms with Gasteiger partial charge in [0.05, 0.1) is 26.9 Å². The number of nitrogens with zero attached hydrogens (tertiary/aromatic N) is 3. The number of hydrogen-bond acceptors (Lipinski definition) is 3. The van der Waals surface area contributed by atoms with Crippen LogP contribution >= 0.6 is 11.3 Å². The molecule has 0 amide bonds. The second-order valence-corrected chi connectivity index (χ2v) is 14.1. The topological polar surface area (TPSA) is 30.7 Å². The summed E-state index contributed by atoms with van der Waals surface area (Å²) in [5, 5.41) is 3.58. The van der Waals surface area contributed by atoms with Gasteiger partial charge in [-0.2, -0.15) is 0 Å². The number of para-hydroxylation sites is 1. The van der Waals surface area contributed by atoms with Crippen LogP contribution in [0.2, 0.25) is 0 Å². The number of aromatic nitrogens is 3. The van der Waals surface area contributed by atoms with Crippen molar-refractivity contribution in [1.29, 1.82) is 0 Å². The van der Waals surface area contributed by atoms with E-state index in [4.69, 9.17) is 9.97 Å². The van der Waals surface area contributed by atoms with E-state index in [1.807, 2.05) is 12.1 Å². The molecule has 3 heterocycles. The fraction of sp³-hybridized carbons (Fsp3) is 0. The van der Waals surface area contributed by atoms with E-state index >= 15 is 0 Å². The van der Waals surface area contributed by atoms with Crippen LogP contribution in [-0.2, 0) is 0 Å². The van der Waals surface area contributed by atoms with Crippen molar-refractivity contribution in [1.82, 2.24) is 14.5 Å². The Hall–Kier alpha value is -6.62. The number of hydrogen-bond donors (Lipinski definition) is 0. The van der Waals surface area contributed by atoms with Gasteiger partial charge in [0, 0.05) is 37.7 Å². The van der Waals surface area contributed by atoms with Crippen molar-refractivity contribution >= 4 is 59.5 Å². The van der Waals surface area contributed by atoms with Crippen LogP contribution in [0.3, 0.4) is 0 Å².